The summed E-state index contributed by atoms with van der Waals surface area (Å²) in [7, 11) is 0. The predicted octanol–water partition coefficient (Wildman–Crippen LogP) is 3.40. The van der Waals surface area contributed by atoms with Gasteiger partial charge in [0, 0.05) is 18.8 Å². The van der Waals surface area contributed by atoms with E-state index in [2.05, 4.69) is 10.6 Å². The summed E-state index contributed by atoms with van der Waals surface area (Å²) in [6.07, 6.45) is 0. The number of rotatable bonds is 6. The molecule has 0 fully saturated rings. The first-order valence-electron chi connectivity index (χ1n) is 8.42. The molecule has 0 spiro atoms. The minimum Gasteiger partial charge on any atom is -0.492 e. The number of hydrogen-bond acceptors (Lipinski definition) is 3. The van der Waals surface area contributed by atoms with Crippen LogP contribution in [0.25, 0.3) is 0 Å². The van der Waals surface area contributed by atoms with Gasteiger partial charge in [-0.3, -0.25) is 4.79 Å². The Balaban J connectivity index is 2.45. The van der Waals surface area contributed by atoms with Gasteiger partial charge in [-0.25, -0.2) is 0 Å². The van der Waals surface area contributed by atoms with Crippen LogP contribution in [-0.2, 0) is 4.79 Å². The van der Waals surface area contributed by atoms with Crippen molar-refractivity contribution in [1.82, 2.24) is 15.5 Å². The first-order chi connectivity index (χ1) is 11.9. The van der Waals surface area contributed by atoms with E-state index < -0.39 is 0 Å². The molecule has 1 amide bonds. The molecule has 2 rings (SSSR count). The third-order valence-corrected chi connectivity index (χ3v) is 4.65. The fourth-order valence-electron chi connectivity index (χ4n) is 2.88. The Bertz CT molecular complexity index is 702. The van der Waals surface area contributed by atoms with Crippen molar-refractivity contribution in [2.24, 2.45) is 0 Å². The number of benzene rings is 1. The number of nitrogens with one attached hydrogen (secondary N) is 2. The monoisotopic (exact) mass is 381 g/mol. The lowest BCUT2D eigenvalue weighted by Gasteiger charge is -2.33. The van der Waals surface area contributed by atoms with Crippen LogP contribution < -0.4 is 15.4 Å². The molecule has 136 valence electrons. The molecule has 1 atom stereocenters. The molecule has 25 heavy (non-hydrogen) atoms. The van der Waals surface area contributed by atoms with Crippen molar-refractivity contribution in [3.8, 4) is 5.75 Å². The van der Waals surface area contributed by atoms with Gasteiger partial charge in [0.1, 0.15) is 5.75 Å². The SMILES string of the molecule is CCOc1ccc([C@H]2NC(=S)NC(C)=C2C(=O)N(CC)CC)cc1Cl. The zero-order chi connectivity index (χ0) is 18.6. The quantitative estimate of drug-likeness (QED) is 0.739. The van der Waals surface area contributed by atoms with Crippen molar-refractivity contribution >= 4 is 34.8 Å². The van der Waals surface area contributed by atoms with Crippen LogP contribution in [0.5, 0.6) is 5.75 Å². The maximum absolute atomic E-state index is 13.0. The van der Waals surface area contributed by atoms with E-state index in [1.54, 1.807) is 4.90 Å². The van der Waals surface area contributed by atoms with Crippen molar-refractivity contribution in [3.63, 3.8) is 0 Å². The molecule has 1 aromatic carbocycles. The van der Waals surface area contributed by atoms with E-state index in [1.165, 1.54) is 0 Å². The second-order valence-corrected chi connectivity index (χ2v) is 6.49. The number of nitrogens with zero attached hydrogens (tertiary/aromatic N) is 1. The van der Waals surface area contributed by atoms with Gasteiger partial charge in [-0.15, -0.1) is 0 Å². The van der Waals surface area contributed by atoms with Crippen molar-refractivity contribution in [3.05, 3.63) is 40.1 Å². The van der Waals surface area contributed by atoms with Crippen LogP contribution in [0, 0.1) is 0 Å². The molecule has 1 heterocycles. The number of allylic oxidation sites excluding steroid dienone is 1. The van der Waals surface area contributed by atoms with Crippen LogP contribution in [0.3, 0.4) is 0 Å². The maximum Gasteiger partial charge on any atom is 0.253 e. The lowest BCUT2D eigenvalue weighted by molar-refractivity contribution is -0.127. The second-order valence-electron chi connectivity index (χ2n) is 5.67. The summed E-state index contributed by atoms with van der Waals surface area (Å²) in [6, 6.07) is 5.20. The van der Waals surface area contributed by atoms with Crippen LogP contribution in [0.15, 0.2) is 29.5 Å². The summed E-state index contributed by atoms with van der Waals surface area (Å²) in [4.78, 5) is 14.8. The molecular formula is C18H24ClN3O2S. The van der Waals surface area contributed by atoms with Gasteiger partial charge >= 0.3 is 0 Å². The molecule has 1 aromatic rings. The molecule has 0 unspecified atom stereocenters. The first-order valence-corrected chi connectivity index (χ1v) is 9.21. The first kappa shape index (κ1) is 19.5. The van der Waals surface area contributed by atoms with Crippen LogP contribution in [0.1, 0.15) is 39.3 Å². The average molecular weight is 382 g/mol. The summed E-state index contributed by atoms with van der Waals surface area (Å²) in [5.41, 5.74) is 2.28. The third-order valence-electron chi connectivity index (χ3n) is 4.14. The Labute approximate surface area is 159 Å². The number of likely N-dealkylation sites (N-methyl/N-ethyl adjacent to an activating group) is 1. The van der Waals surface area contributed by atoms with E-state index in [0.29, 0.717) is 41.2 Å². The molecule has 0 aromatic heterocycles. The zero-order valence-corrected chi connectivity index (χ0v) is 16.6. The fraction of sp³-hybridized carbons (Fsp3) is 0.444. The minimum absolute atomic E-state index is 0.0139. The number of halogens is 1. The molecule has 5 nitrogen and oxygen atoms in total. The summed E-state index contributed by atoms with van der Waals surface area (Å²) in [5, 5.41) is 7.25. The van der Waals surface area contributed by atoms with Gasteiger partial charge in [-0.1, -0.05) is 17.7 Å². The van der Waals surface area contributed by atoms with Gasteiger partial charge in [0.2, 0.25) is 0 Å². The van der Waals surface area contributed by atoms with Crippen molar-refractivity contribution in [2.75, 3.05) is 19.7 Å². The van der Waals surface area contributed by atoms with Gasteiger partial charge in [0.25, 0.3) is 5.91 Å². The van der Waals surface area contributed by atoms with E-state index in [-0.39, 0.29) is 11.9 Å². The van der Waals surface area contributed by atoms with Crippen LogP contribution in [0.4, 0.5) is 0 Å². The Morgan fingerprint density at radius 3 is 2.56 bits per heavy atom. The van der Waals surface area contributed by atoms with Crippen molar-refractivity contribution in [1.29, 1.82) is 0 Å². The smallest absolute Gasteiger partial charge is 0.253 e. The summed E-state index contributed by atoms with van der Waals surface area (Å²) < 4.78 is 5.49. The highest BCUT2D eigenvalue weighted by molar-refractivity contribution is 7.80. The highest BCUT2D eigenvalue weighted by atomic mass is 35.5. The highest BCUT2D eigenvalue weighted by Crippen LogP contribution is 2.33. The molecule has 0 radical (unpaired) electrons. The molecule has 1 aliphatic heterocycles. The van der Waals surface area contributed by atoms with E-state index in [0.717, 1.165) is 11.3 Å². The van der Waals surface area contributed by atoms with E-state index in [1.807, 2.05) is 45.9 Å². The third kappa shape index (κ3) is 4.25. The van der Waals surface area contributed by atoms with Crippen molar-refractivity contribution in [2.45, 2.75) is 33.7 Å². The lowest BCUT2D eigenvalue weighted by Crippen LogP contribution is -2.47. The van der Waals surface area contributed by atoms with E-state index in [4.69, 9.17) is 28.6 Å². The summed E-state index contributed by atoms with van der Waals surface area (Å²) in [5.74, 6) is 0.613. The molecule has 1 aliphatic rings. The number of amides is 1. The van der Waals surface area contributed by atoms with Crippen LogP contribution in [-0.4, -0.2) is 35.6 Å². The van der Waals surface area contributed by atoms with Crippen LogP contribution in [0.2, 0.25) is 5.02 Å². The molecule has 2 N–H and O–H groups in total. The largest absolute Gasteiger partial charge is 0.492 e. The summed E-state index contributed by atoms with van der Waals surface area (Å²) in [6.45, 7) is 9.54. The Kier molecular flexibility index (Phi) is 6.67. The van der Waals surface area contributed by atoms with Gasteiger partial charge in [0.15, 0.2) is 5.11 Å². The molecular weight excluding hydrogens is 358 g/mol. The Morgan fingerprint density at radius 1 is 1.32 bits per heavy atom. The van der Waals surface area contributed by atoms with E-state index >= 15 is 0 Å². The van der Waals surface area contributed by atoms with Crippen molar-refractivity contribution < 1.29 is 9.53 Å². The van der Waals surface area contributed by atoms with E-state index in [9.17, 15) is 4.79 Å². The molecule has 0 saturated heterocycles. The van der Waals surface area contributed by atoms with Gasteiger partial charge in [0.05, 0.1) is 23.2 Å². The number of ether oxygens (including phenoxy) is 1. The molecule has 7 heteroatoms. The maximum atomic E-state index is 13.0. The molecule has 0 bridgehead atoms. The second kappa shape index (κ2) is 8.54. The highest BCUT2D eigenvalue weighted by Gasteiger charge is 2.32. The number of carbonyl (C=O) groups excluding carboxylic acids is 1. The summed E-state index contributed by atoms with van der Waals surface area (Å²) >= 11 is 11.6. The Morgan fingerprint density at radius 2 is 2.00 bits per heavy atom. The average Bonchev–Trinajstić information content (AvgIpc) is 2.57. The van der Waals surface area contributed by atoms with Crippen LogP contribution >= 0.6 is 23.8 Å². The normalized spacial score (nSPS) is 17.0. The Hall–Kier alpha value is -1.79. The predicted molar refractivity (Wildman–Crippen MR) is 105 cm³/mol. The van der Waals surface area contributed by atoms with Gasteiger partial charge in [-0.05, 0) is 57.6 Å². The lowest BCUT2D eigenvalue weighted by atomic mass is 9.94. The van der Waals surface area contributed by atoms with Gasteiger partial charge in [-0.2, -0.15) is 0 Å². The minimum atomic E-state index is -0.352. The molecule has 0 saturated carbocycles. The number of hydrogen-bond donors (Lipinski definition) is 2. The number of carbonyl (C=O) groups is 1. The zero-order valence-electron chi connectivity index (χ0n) is 15.0. The van der Waals surface area contributed by atoms with Gasteiger partial charge < -0.3 is 20.3 Å². The topological polar surface area (TPSA) is 53.6 Å². The standard InChI is InChI=1S/C18H24ClN3O2S/c1-5-22(6-2)17(23)15-11(4)20-18(25)21-16(15)12-8-9-14(24-7-3)13(19)10-12/h8-10,16H,5-7H2,1-4H3,(H2,20,21,25)/t16-/m1/s1. The fourth-order valence-corrected chi connectivity index (χ4v) is 3.39. The molecule has 0 aliphatic carbocycles. The number of thiocarbonyl (C=S) groups is 1.